The Bertz CT molecular complexity index is 598. The lowest BCUT2D eigenvalue weighted by Crippen LogP contribution is -2.39. The number of rotatable bonds is 8. The molecule has 0 aromatic heterocycles. The number of hydrogen-bond acceptors (Lipinski definition) is 4. The summed E-state index contributed by atoms with van der Waals surface area (Å²) in [6.07, 6.45) is 0.394. The molecule has 0 atom stereocenters. The summed E-state index contributed by atoms with van der Waals surface area (Å²) < 4.78 is 5.21. The second-order valence-corrected chi connectivity index (χ2v) is 7.47. The van der Waals surface area contributed by atoms with E-state index in [0.717, 1.165) is 24.5 Å². The van der Waals surface area contributed by atoms with E-state index in [-0.39, 0.29) is 30.1 Å². The van der Waals surface area contributed by atoms with Crippen molar-refractivity contribution in [3.8, 4) is 0 Å². The zero-order valence-corrected chi connectivity index (χ0v) is 20.3. The molecule has 0 fully saturated rings. The molecular formula is C20H36IN5O2. The number of benzene rings is 1. The first-order chi connectivity index (χ1) is 12.7. The van der Waals surface area contributed by atoms with Gasteiger partial charge in [-0.25, -0.2) is 9.79 Å². The molecule has 1 aromatic rings. The Morgan fingerprint density at radius 3 is 2.21 bits per heavy atom. The van der Waals surface area contributed by atoms with Gasteiger partial charge in [-0.1, -0.05) is 12.1 Å². The van der Waals surface area contributed by atoms with E-state index in [0.29, 0.717) is 19.6 Å². The number of guanidine groups is 1. The van der Waals surface area contributed by atoms with Crippen molar-refractivity contribution < 1.29 is 9.53 Å². The third-order valence-corrected chi connectivity index (χ3v) is 3.53. The van der Waals surface area contributed by atoms with Gasteiger partial charge in [0, 0.05) is 39.4 Å². The number of ether oxygens (including phenoxy) is 1. The zero-order chi connectivity index (χ0) is 20.3. The van der Waals surface area contributed by atoms with Crippen molar-refractivity contribution in [2.75, 3.05) is 38.6 Å². The van der Waals surface area contributed by atoms with E-state index < -0.39 is 5.60 Å². The number of hydrogen-bond donors (Lipinski definition) is 3. The lowest BCUT2D eigenvalue weighted by atomic mass is 10.2. The molecule has 8 heteroatoms. The van der Waals surface area contributed by atoms with E-state index >= 15 is 0 Å². The predicted octanol–water partition coefficient (Wildman–Crippen LogP) is 3.34. The molecule has 1 rings (SSSR count). The quantitative estimate of drug-likeness (QED) is 0.219. The van der Waals surface area contributed by atoms with Crippen LogP contribution in [0.1, 0.15) is 39.7 Å². The molecule has 0 aliphatic rings. The van der Waals surface area contributed by atoms with E-state index in [4.69, 9.17) is 4.74 Å². The molecule has 28 heavy (non-hydrogen) atoms. The third kappa shape index (κ3) is 11.9. The van der Waals surface area contributed by atoms with Crippen molar-refractivity contribution in [2.45, 2.75) is 46.3 Å². The highest BCUT2D eigenvalue weighted by Gasteiger charge is 2.15. The largest absolute Gasteiger partial charge is 0.444 e. The summed E-state index contributed by atoms with van der Waals surface area (Å²) in [5.74, 6) is 0.770. The SMILES string of the molecule is CCNC(=NCc1ccc(N(C)C)cc1)NCCCNC(=O)OC(C)(C)C.I. The van der Waals surface area contributed by atoms with Crippen molar-refractivity contribution >= 4 is 41.7 Å². The van der Waals surface area contributed by atoms with Gasteiger partial charge in [0.25, 0.3) is 0 Å². The van der Waals surface area contributed by atoms with Gasteiger partial charge in [-0.2, -0.15) is 0 Å². The minimum absolute atomic E-state index is 0. The van der Waals surface area contributed by atoms with E-state index in [2.05, 4.69) is 50.1 Å². The Kier molecular flexibility index (Phi) is 12.6. The molecule has 0 heterocycles. The molecule has 0 spiro atoms. The Hall–Kier alpha value is -1.71. The second kappa shape index (κ2) is 13.5. The van der Waals surface area contributed by atoms with Gasteiger partial charge < -0.3 is 25.6 Å². The molecule has 7 nitrogen and oxygen atoms in total. The first-order valence-corrected chi connectivity index (χ1v) is 9.46. The van der Waals surface area contributed by atoms with Gasteiger partial charge in [0.2, 0.25) is 0 Å². The van der Waals surface area contributed by atoms with E-state index in [1.165, 1.54) is 5.69 Å². The normalized spacial score (nSPS) is 11.3. The number of amides is 1. The van der Waals surface area contributed by atoms with Crippen LogP contribution in [0.15, 0.2) is 29.3 Å². The smallest absolute Gasteiger partial charge is 0.407 e. The number of aliphatic imine (C=N–C) groups is 1. The zero-order valence-electron chi connectivity index (χ0n) is 18.0. The highest BCUT2D eigenvalue weighted by Crippen LogP contribution is 2.12. The summed E-state index contributed by atoms with van der Waals surface area (Å²) in [6.45, 7) is 10.2. The first kappa shape index (κ1) is 26.3. The van der Waals surface area contributed by atoms with Gasteiger partial charge in [0.15, 0.2) is 5.96 Å². The Labute approximate surface area is 186 Å². The molecule has 3 N–H and O–H groups in total. The number of carbonyl (C=O) groups excluding carboxylic acids is 1. The van der Waals surface area contributed by atoms with Crippen LogP contribution in [0.25, 0.3) is 0 Å². The number of anilines is 1. The van der Waals surface area contributed by atoms with Gasteiger partial charge in [0.1, 0.15) is 5.60 Å². The minimum atomic E-state index is -0.474. The van der Waals surface area contributed by atoms with E-state index in [9.17, 15) is 4.79 Å². The first-order valence-electron chi connectivity index (χ1n) is 9.46. The summed E-state index contributed by atoms with van der Waals surface area (Å²) in [6, 6.07) is 8.36. The fourth-order valence-corrected chi connectivity index (χ4v) is 2.21. The lowest BCUT2D eigenvalue weighted by Gasteiger charge is -2.19. The highest BCUT2D eigenvalue weighted by molar-refractivity contribution is 14.0. The molecule has 0 bridgehead atoms. The maximum Gasteiger partial charge on any atom is 0.407 e. The molecule has 0 saturated heterocycles. The summed E-state index contributed by atoms with van der Waals surface area (Å²) >= 11 is 0. The standard InChI is InChI=1S/C20H35N5O2.HI/c1-7-21-18(22-13-8-14-23-19(26)27-20(2,3)4)24-15-16-9-11-17(12-10-16)25(5)6;/h9-12H,7-8,13-15H2,1-6H3,(H,23,26)(H2,21,22,24);1H. The molecule has 0 unspecified atom stereocenters. The summed E-state index contributed by atoms with van der Waals surface area (Å²) in [7, 11) is 4.05. The summed E-state index contributed by atoms with van der Waals surface area (Å²) in [5, 5.41) is 9.26. The van der Waals surface area contributed by atoms with Gasteiger partial charge in [-0.05, 0) is 51.8 Å². The molecule has 1 aromatic carbocycles. The summed E-state index contributed by atoms with van der Waals surface area (Å²) in [5.41, 5.74) is 1.85. The molecule has 0 saturated carbocycles. The monoisotopic (exact) mass is 505 g/mol. The van der Waals surface area contributed by atoms with Crippen molar-refractivity contribution in [3.63, 3.8) is 0 Å². The number of nitrogens with one attached hydrogen (secondary N) is 3. The molecule has 160 valence electrons. The average molecular weight is 505 g/mol. The highest BCUT2D eigenvalue weighted by atomic mass is 127. The van der Waals surface area contributed by atoms with Crippen molar-refractivity contribution in [3.05, 3.63) is 29.8 Å². The van der Waals surface area contributed by atoms with Crippen LogP contribution in [-0.2, 0) is 11.3 Å². The molecular weight excluding hydrogens is 469 g/mol. The van der Waals surface area contributed by atoms with Gasteiger partial charge in [-0.15, -0.1) is 24.0 Å². The molecule has 1 amide bonds. The van der Waals surface area contributed by atoms with Crippen LogP contribution in [0.4, 0.5) is 10.5 Å². The number of alkyl carbamates (subject to hydrolysis) is 1. The topological polar surface area (TPSA) is 78.0 Å². The number of halogens is 1. The third-order valence-electron chi connectivity index (χ3n) is 3.53. The number of nitrogens with zero attached hydrogens (tertiary/aromatic N) is 2. The van der Waals surface area contributed by atoms with E-state index in [1.807, 2.05) is 41.8 Å². The Morgan fingerprint density at radius 1 is 1.07 bits per heavy atom. The number of carbonyl (C=O) groups is 1. The maximum absolute atomic E-state index is 11.6. The van der Waals surface area contributed by atoms with Crippen LogP contribution in [-0.4, -0.2) is 51.4 Å². The van der Waals surface area contributed by atoms with Crippen LogP contribution >= 0.6 is 24.0 Å². The van der Waals surface area contributed by atoms with Crippen molar-refractivity contribution in [1.82, 2.24) is 16.0 Å². The van der Waals surface area contributed by atoms with Crippen LogP contribution in [0.3, 0.4) is 0 Å². The second-order valence-electron chi connectivity index (χ2n) is 7.47. The fraction of sp³-hybridized carbons (Fsp3) is 0.600. The van der Waals surface area contributed by atoms with Crippen LogP contribution in [0.2, 0.25) is 0 Å². The summed E-state index contributed by atoms with van der Waals surface area (Å²) in [4.78, 5) is 18.3. The lowest BCUT2D eigenvalue weighted by molar-refractivity contribution is 0.0527. The Morgan fingerprint density at radius 2 is 1.68 bits per heavy atom. The minimum Gasteiger partial charge on any atom is -0.444 e. The van der Waals surface area contributed by atoms with Crippen LogP contribution < -0.4 is 20.9 Å². The molecule has 0 aliphatic carbocycles. The Balaban J connectivity index is 0.00000729. The molecule has 0 radical (unpaired) electrons. The fourth-order valence-electron chi connectivity index (χ4n) is 2.21. The average Bonchev–Trinajstić information content (AvgIpc) is 2.58. The van der Waals surface area contributed by atoms with Gasteiger partial charge in [-0.3, -0.25) is 0 Å². The van der Waals surface area contributed by atoms with Gasteiger partial charge in [0.05, 0.1) is 6.54 Å². The van der Waals surface area contributed by atoms with Gasteiger partial charge >= 0.3 is 6.09 Å². The predicted molar refractivity (Wildman–Crippen MR) is 128 cm³/mol. The van der Waals surface area contributed by atoms with E-state index in [1.54, 1.807) is 0 Å². The molecule has 0 aliphatic heterocycles. The van der Waals surface area contributed by atoms with Crippen LogP contribution in [0.5, 0.6) is 0 Å². The van der Waals surface area contributed by atoms with Crippen molar-refractivity contribution in [2.24, 2.45) is 4.99 Å². The van der Waals surface area contributed by atoms with Crippen molar-refractivity contribution in [1.29, 1.82) is 0 Å². The maximum atomic E-state index is 11.6. The van der Waals surface area contributed by atoms with Crippen LogP contribution in [0, 0.1) is 0 Å².